The third-order valence-electron chi connectivity index (χ3n) is 9.22. The molecule has 0 aliphatic carbocycles. The molecule has 0 saturated carbocycles. The fraction of sp³-hybridized carbons (Fsp3) is 0.472. The van der Waals surface area contributed by atoms with E-state index in [0.29, 0.717) is 35.4 Å². The van der Waals surface area contributed by atoms with Crippen LogP contribution >= 0.6 is 11.6 Å². The first-order chi connectivity index (χ1) is 22.6. The molecule has 11 heteroatoms. The molecule has 5 rings (SSSR count). The van der Waals surface area contributed by atoms with Crippen LogP contribution in [0.15, 0.2) is 60.7 Å². The fourth-order valence-corrected chi connectivity index (χ4v) is 9.87. The zero-order valence-electron chi connectivity index (χ0n) is 28.5. The quantitative estimate of drug-likeness (QED) is 0.0699. The molecule has 1 saturated heterocycles. The SMILES string of the molecule is CC[Si](CC)(CC)O[C@H]1C[C@@H](Oc2nc3nc(-c4ccc(-c5ccccc5)cc4)c(Cl)cc3n2COCC[Si](C)(C)C)CO[C@@H]1C=O. The predicted octanol–water partition coefficient (Wildman–Crippen LogP) is 8.86. The molecule has 0 spiro atoms. The van der Waals surface area contributed by atoms with Crippen LogP contribution in [0.4, 0.5) is 0 Å². The van der Waals surface area contributed by atoms with Crippen LogP contribution in [0.2, 0.25) is 48.8 Å². The number of nitrogens with zero attached hydrogens (tertiary/aromatic N) is 3. The first kappa shape index (κ1) is 35.4. The van der Waals surface area contributed by atoms with Crippen molar-refractivity contribution in [1.82, 2.24) is 14.5 Å². The molecule has 8 nitrogen and oxygen atoms in total. The number of rotatable bonds is 15. The summed E-state index contributed by atoms with van der Waals surface area (Å²) in [6, 6.07) is 24.8. The third-order valence-corrected chi connectivity index (χ3v) is 15.9. The molecule has 47 heavy (non-hydrogen) atoms. The van der Waals surface area contributed by atoms with Gasteiger partial charge in [0.2, 0.25) is 0 Å². The molecular formula is C36H48ClN3O5Si2. The molecule has 2 aromatic heterocycles. The minimum absolute atomic E-state index is 0.251. The minimum atomic E-state index is -1.98. The maximum Gasteiger partial charge on any atom is 0.301 e. The van der Waals surface area contributed by atoms with Crippen molar-refractivity contribution in [1.29, 1.82) is 0 Å². The monoisotopic (exact) mass is 693 g/mol. The highest BCUT2D eigenvalue weighted by Crippen LogP contribution is 2.34. The van der Waals surface area contributed by atoms with E-state index in [0.717, 1.165) is 52.7 Å². The number of carbonyl (C=O) groups is 1. The van der Waals surface area contributed by atoms with Crippen LogP contribution in [0.25, 0.3) is 33.5 Å². The van der Waals surface area contributed by atoms with Crippen LogP contribution in [0.5, 0.6) is 6.01 Å². The van der Waals surface area contributed by atoms with E-state index in [-0.39, 0.29) is 25.5 Å². The largest absolute Gasteiger partial charge is 0.459 e. The van der Waals surface area contributed by atoms with Gasteiger partial charge in [0.15, 0.2) is 20.3 Å². The molecule has 4 aromatic rings. The Kier molecular flexibility index (Phi) is 11.7. The lowest BCUT2D eigenvalue weighted by molar-refractivity contribution is -0.140. The lowest BCUT2D eigenvalue weighted by atomic mass is 10.0. The Morgan fingerprint density at radius 2 is 1.62 bits per heavy atom. The van der Waals surface area contributed by atoms with Gasteiger partial charge in [-0.15, -0.1) is 0 Å². The van der Waals surface area contributed by atoms with Crippen LogP contribution < -0.4 is 4.74 Å². The van der Waals surface area contributed by atoms with E-state index in [2.05, 4.69) is 64.7 Å². The molecule has 1 aliphatic rings. The molecule has 0 N–H and O–H groups in total. The average molecular weight is 694 g/mol. The number of carbonyl (C=O) groups excluding carboxylic acids is 1. The summed E-state index contributed by atoms with van der Waals surface area (Å²) in [4.78, 5) is 21.7. The second-order valence-corrected chi connectivity index (χ2v) is 24.3. The summed E-state index contributed by atoms with van der Waals surface area (Å²) in [6.07, 6.45) is 0.0764. The van der Waals surface area contributed by atoms with Crippen molar-refractivity contribution < 1.29 is 23.4 Å². The highest BCUT2D eigenvalue weighted by atomic mass is 35.5. The summed E-state index contributed by atoms with van der Waals surface area (Å²) in [5.41, 5.74) is 5.06. The molecule has 0 radical (unpaired) electrons. The number of hydrogen-bond acceptors (Lipinski definition) is 7. The molecule has 3 heterocycles. The Labute approximate surface area is 285 Å². The second-order valence-electron chi connectivity index (χ2n) is 13.6. The number of pyridine rings is 1. The standard InChI is InChI=1S/C36H48ClN3O5Si2/c1-7-47(8-2,9-3)45-32-21-29(24-43-33(32)23-41)44-36-39-35-31(40(36)25-42-19-20-46(4,5)6)22-30(37)34(38-35)28-17-15-27(16-18-28)26-13-11-10-12-14-26/h10-18,22-23,29,32-33H,7-9,19-21,24-25H2,1-6H3/t29-,32+,33-/m1/s1. The van der Waals surface area contributed by atoms with Crippen molar-refractivity contribution in [3.8, 4) is 28.4 Å². The Bertz CT molecular complexity index is 1620. The maximum atomic E-state index is 12.0. The van der Waals surface area contributed by atoms with Crippen molar-refractivity contribution in [2.45, 2.75) is 96.1 Å². The molecular weight excluding hydrogens is 646 g/mol. The van der Waals surface area contributed by atoms with Crippen LogP contribution in [-0.4, -0.2) is 68.7 Å². The van der Waals surface area contributed by atoms with Crippen molar-refractivity contribution in [3.05, 3.63) is 65.7 Å². The smallest absolute Gasteiger partial charge is 0.301 e. The van der Waals surface area contributed by atoms with Gasteiger partial charge in [0, 0.05) is 26.7 Å². The predicted molar refractivity (Wildman–Crippen MR) is 194 cm³/mol. The van der Waals surface area contributed by atoms with Crippen molar-refractivity contribution in [3.63, 3.8) is 0 Å². The van der Waals surface area contributed by atoms with Crippen molar-refractivity contribution in [2.75, 3.05) is 13.2 Å². The van der Waals surface area contributed by atoms with E-state index in [1.165, 1.54) is 0 Å². The first-order valence-corrected chi connectivity index (χ1v) is 23.4. The third kappa shape index (κ3) is 8.60. The summed E-state index contributed by atoms with van der Waals surface area (Å²) in [5.74, 6) is 0. The number of aldehydes is 1. The molecule has 3 atom stereocenters. The fourth-order valence-electron chi connectivity index (χ4n) is 5.99. The van der Waals surface area contributed by atoms with Crippen molar-refractivity contribution >= 4 is 45.4 Å². The van der Waals surface area contributed by atoms with Crippen LogP contribution in [-0.2, 0) is 25.4 Å². The highest BCUT2D eigenvalue weighted by molar-refractivity contribution is 6.76. The summed E-state index contributed by atoms with van der Waals surface area (Å²) < 4.78 is 27.4. The van der Waals surface area contributed by atoms with Gasteiger partial charge in [-0.05, 0) is 41.4 Å². The number of hydrogen-bond donors (Lipinski definition) is 0. The molecule has 252 valence electrons. The van der Waals surface area contributed by atoms with Gasteiger partial charge in [0.25, 0.3) is 0 Å². The van der Waals surface area contributed by atoms with E-state index in [9.17, 15) is 4.79 Å². The van der Waals surface area contributed by atoms with Crippen LogP contribution in [0.1, 0.15) is 27.2 Å². The van der Waals surface area contributed by atoms with Gasteiger partial charge >= 0.3 is 6.01 Å². The zero-order valence-corrected chi connectivity index (χ0v) is 31.3. The lowest BCUT2D eigenvalue weighted by Crippen LogP contribution is -2.51. The number of aromatic nitrogens is 3. The number of fused-ring (bicyclic) bond motifs is 1. The summed E-state index contributed by atoms with van der Waals surface area (Å²) in [7, 11) is -3.26. The van der Waals surface area contributed by atoms with Gasteiger partial charge < -0.3 is 23.4 Å². The molecule has 1 fully saturated rings. The van der Waals surface area contributed by atoms with E-state index in [4.69, 9.17) is 40.2 Å². The Hall–Kier alpha value is -2.87. The van der Waals surface area contributed by atoms with E-state index in [1.54, 1.807) is 0 Å². The van der Waals surface area contributed by atoms with Gasteiger partial charge in [0.05, 0.1) is 28.9 Å². The molecule has 0 bridgehead atoms. The second kappa shape index (κ2) is 15.6. The topological polar surface area (TPSA) is 84.7 Å². The van der Waals surface area contributed by atoms with Crippen LogP contribution in [0.3, 0.4) is 0 Å². The van der Waals surface area contributed by atoms with E-state index in [1.807, 2.05) is 41.0 Å². The highest BCUT2D eigenvalue weighted by Gasteiger charge is 2.40. The molecule has 1 aliphatic heterocycles. The maximum absolute atomic E-state index is 12.0. The summed E-state index contributed by atoms with van der Waals surface area (Å²) in [5, 5.41) is 0.517. The average Bonchev–Trinajstić information content (AvgIpc) is 3.40. The summed E-state index contributed by atoms with van der Waals surface area (Å²) >= 11 is 6.90. The molecule has 0 amide bonds. The Morgan fingerprint density at radius 1 is 0.957 bits per heavy atom. The number of halogens is 1. The van der Waals surface area contributed by atoms with E-state index >= 15 is 0 Å². The minimum Gasteiger partial charge on any atom is -0.459 e. The Balaban J connectivity index is 1.44. The zero-order chi connectivity index (χ0) is 33.6. The Morgan fingerprint density at radius 3 is 2.26 bits per heavy atom. The van der Waals surface area contributed by atoms with Gasteiger partial charge in [0.1, 0.15) is 18.9 Å². The number of ether oxygens (including phenoxy) is 3. The van der Waals surface area contributed by atoms with Gasteiger partial charge in [-0.3, -0.25) is 4.57 Å². The number of benzene rings is 2. The summed E-state index contributed by atoms with van der Waals surface area (Å²) in [6.45, 7) is 14.7. The van der Waals surface area contributed by atoms with Crippen LogP contribution in [0, 0.1) is 0 Å². The van der Waals surface area contributed by atoms with Gasteiger partial charge in [-0.1, -0.05) is 107 Å². The molecule has 2 aromatic carbocycles. The number of imidazole rings is 1. The normalized spacial score (nSPS) is 18.8. The van der Waals surface area contributed by atoms with Gasteiger partial charge in [-0.2, -0.15) is 4.98 Å². The lowest BCUT2D eigenvalue weighted by Gasteiger charge is -2.39. The molecule has 0 unspecified atom stereocenters. The van der Waals surface area contributed by atoms with E-state index < -0.39 is 22.5 Å². The van der Waals surface area contributed by atoms with Gasteiger partial charge in [-0.25, -0.2) is 4.98 Å². The van der Waals surface area contributed by atoms with Crippen molar-refractivity contribution in [2.24, 2.45) is 0 Å². The first-order valence-electron chi connectivity index (χ1n) is 16.8.